The molecule has 1 unspecified atom stereocenters. The summed E-state index contributed by atoms with van der Waals surface area (Å²) in [4.78, 5) is 2.40. The van der Waals surface area contributed by atoms with Gasteiger partial charge in [-0.3, -0.25) is 4.90 Å². The first-order valence-corrected chi connectivity index (χ1v) is 11.4. The van der Waals surface area contributed by atoms with Crippen molar-refractivity contribution in [2.75, 3.05) is 19.6 Å². The molecule has 1 atom stereocenters. The fourth-order valence-electron chi connectivity index (χ4n) is 3.77. The maximum atomic E-state index is 12.7. The molecule has 2 heterocycles. The number of rotatable bonds is 8. The van der Waals surface area contributed by atoms with Crippen molar-refractivity contribution in [1.82, 2.24) is 9.21 Å². The van der Waals surface area contributed by atoms with Crippen molar-refractivity contribution in [3.63, 3.8) is 0 Å². The number of sulfonamides is 1. The monoisotopic (exact) mass is 388 g/mol. The van der Waals surface area contributed by atoms with Crippen LogP contribution in [-0.4, -0.2) is 37.3 Å². The van der Waals surface area contributed by atoms with Crippen LogP contribution in [0.3, 0.4) is 0 Å². The summed E-state index contributed by atoms with van der Waals surface area (Å²) in [5, 5.41) is 0.0816. The summed E-state index contributed by atoms with van der Waals surface area (Å²) >= 11 is 0. The highest BCUT2D eigenvalue weighted by Crippen LogP contribution is 2.34. The molecule has 1 aliphatic carbocycles. The van der Waals surface area contributed by atoms with Crippen LogP contribution in [0, 0.1) is 5.92 Å². The fourth-order valence-corrected chi connectivity index (χ4v) is 5.22. The Bertz CT molecular complexity index is 853. The van der Waals surface area contributed by atoms with E-state index in [1.807, 2.05) is 12.1 Å². The minimum Gasteiger partial charge on any atom is -0.447 e. The molecular weight excluding hydrogens is 360 g/mol. The normalized spacial score (nSPS) is 19.6. The van der Waals surface area contributed by atoms with E-state index in [9.17, 15) is 8.42 Å². The molecule has 5 nitrogen and oxygen atoms in total. The second-order valence-corrected chi connectivity index (χ2v) is 9.66. The average Bonchev–Trinajstić information content (AvgIpc) is 3.14. The van der Waals surface area contributed by atoms with Crippen LogP contribution in [0.5, 0.6) is 0 Å². The lowest BCUT2D eigenvalue weighted by Gasteiger charge is -2.28. The summed E-state index contributed by atoms with van der Waals surface area (Å²) in [6, 6.07) is 14.2. The molecule has 6 heteroatoms. The average molecular weight is 389 g/mol. The van der Waals surface area contributed by atoms with Crippen LogP contribution >= 0.6 is 0 Å². The Hall–Kier alpha value is -1.63. The van der Waals surface area contributed by atoms with Gasteiger partial charge in [-0.05, 0) is 56.2 Å². The first-order chi connectivity index (χ1) is 13.0. The van der Waals surface area contributed by atoms with Gasteiger partial charge in [0.05, 0.1) is 6.54 Å². The van der Waals surface area contributed by atoms with E-state index in [2.05, 4.69) is 36.1 Å². The fraction of sp³-hybridized carbons (Fsp3) is 0.524. The summed E-state index contributed by atoms with van der Waals surface area (Å²) < 4.78 is 32.7. The molecule has 0 radical (unpaired) electrons. The Balaban J connectivity index is 1.51. The molecule has 2 aliphatic rings. The maximum absolute atomic E-state index is 12.7. The highest BCUT2D eigenvalue weighted by molar-refractivity contribution is 7.89. The molecule has 2 fully saturated rings. The number of nitrogens with zero attached hydrogens (tertiary/aromatic N) is 2. The van der Waals surface area contributed by atoms with Gasteiger partial charge in [0.15, 0.2) is 0 Å². The predicted molar refractivity (Wildman–Crippen MR) is 105 cm³/mol. The van der Waals surface area contributed by atoms with Gasteiger partial charge >= 0.3 is 0 Å². The molecule has 1 saturated heterocycles. The Morgan fingerprint density at radius 2 is 1.81 bits per heavy atom. The van der Waals surface area contributed by atoms with E-state index in [-0.39, 0.29) is 11.1 Å². The summed E-state index contributed by atoms with van der Waals surface area (Å²) in [5.41, 5.74) is 1.27. The van der Waals surface area contributed by atoms with Gasteiger partial charge in [0.2, 0.25) is 5.09 Å². The van der Waals surface area contributed by atoms with Crippen molar-refractivity contribution in [2.24, 2.45) is 5.92 Å². The predicted octanol–water partition coefficient (Wildman–Crippen LogP) is 4.04. The summed E-state index contributed by atoms with van der Waals surface area (Å²) in [7, 11) is -3.49. The molecular formula is C21H28N2O3S. The largest absolute Gasteiger partial charge is 0.447 e. The third kappa shape index (κ3) is 4.28. The molecule has 146 valence electrons. The highest BCUT2D eigenvalue weighted by atomic mass is 32.2. The molecule has 1 aromatic carbocycles. The minimum atomic E-state index is -3.49. The SMILES string of the molecule is CC(c1ccccc1)N(Cc1ccc(S(=O)(=O)N2CCCC2)o1)CC1CC1. The Labute approximate surface area is 162 Å². The number of hydrogen-bond acceptors (Lipinski definition) is 4. The van der Waals surface area contributed by atoms with Crippen LogP contribution in [0.1, 0.15) is 50.0 Å². The van der Waals surface area contributed by atoms with Crippen LogP contribution in [0.25, 0.3) is 0 Å². The van der Waals surface area contributed by atoms with Crippen LogP contribution < -0.4 is 0 Å². The number of hydrogen-bond donors (Lipinski definition) is 0. The van der Waals surface area contributed by atoms with Crippen LogP contribution in [-0.2, 0) is 16.6 Å². The van der Waals surface area contributed by atoms with Gasteiger partial charge < -0.3 is 4.42 Å². The smallest absolute Gasteiger partial charge is 0.276 e. The first-order valence-electron chi connectivity index (χ1n) is 9.92. The third-order valence-electron chi connectivity index (χ3n) is 5.67. The Morgan fingerprint density at radius 3 is 2.48 bits per heavy atom. The Morgan fingerprint density at radius 1 is 1.11 bits per heavy atom. The van der Waals surface area contributed by atoms with Gasteiger partial charge in [-0.25, -0.2) is 8.42 Å². The highest BCUT2D eigenvalue weighted by Gasteiger charge is 2.31. The van der Waals surface area contributed by atoms with Gasteiger partial charge in [0, 0.05) is 25.7 Å². The van der Waals surface area contributed by atoms with Crippen molar-refractivity contribution in [3.05, 3.63) is 53.8 Å². The lowest BCUT2D eigenvalue weighted by molar-refractivity contribution is 0.174. The molecule has 1 aliphatic heterocycles. The lowest BCUT2D eigenvalue weighted by Crippen LogP contribution is -2.29. The first kappa shape index (κ1) is 18.7. The van der Waals surface area contributed by atoms with E-state index >= 15 is 0 Å². The van der Waals surface area contributed by atoms with Crippen molar-refractivity contribution in [1.29, 1.82) is 0 Å². The zero-order chi connectivity index (χ0) is 18.9. The second-order valence-electron chi connectivity index (χ2n) is 7.79. The Kier molecular flexibility index (Phi) is 5.39. The van der Waals surface area contributed by atoms with Crippen molar-refractivity contribution in [3.8, 4) is 0 Å². The van der Waals surface area contributed by atoms with Crippen molar-refractivity contribution >= 4 is 10.0 Å². The number of furan rings is 1. The van der Waals surface area contributed by atoms with Gasteiger partial charge in [0.25, 0.3) is 10.0 Å². The van der Waals surface area contributed by atoms with Gasteiger partial charge in [-0.1, -0.05) is 30.3 Å². The van der Waals surface area contributed by atoms with Crippen molar-refractivity contribution in [2.45, 2.75) is 50.3 Å². The van der Waals surface area contributed by atoms with E-state index in [4.69, 9.17) is 4.42 Å². The molecule has 27 heavy (non-hydrogen) atoms. The third-order valence-corrected chi connectivity index (χ3v) is 7.45. The van der Waals surface area contributed by atoms with Crippen LogP contribution in [0.4, 0.5) is 0 Å². The quantitative estimate of drug-likeness (QED) is 0.685. The summed E-state index contributed by atoms with van der Waals surface area (Å²) in [5.74, 6) is 1.47. The summed E-state index contributed by atoms with van der Waals surface area (Å²) in [6.07, 6.45) is 4.42. The van der Waals surface area contributed by atoms with Crippen molar-refractivity contribution < 1.29 is 12.8 Å². The molecule has 0 spiro atoms. The van der Waals surface area contributed by atoms with Crippen LogP contribution in [0.15, 0.2) is 52.0 Å². The zero-order valence-corrected chi connectivity index (χ0v) is 16.7. The standard InChI is InChI=1S/C21H28N2O3S/c1-17(19-7-3-2-4-8-19)22(15-18-9-10-18)16-20-11-12-21(26-20)27(24,25)23-13-5-6-14-23/h2-4,7-8,11-12,17-18H,5-6,9-10,13-16H2,1H3. The second kappa shape index (κ2) is 7.78. The molecule has 4 rings (SSSR count). The molecule has 0 amide bonds. The van der Waals surface area contributed by atoms with E-state index < -0.39 is 10.0 Å². The van der Waals surface area contributed by atoms with Gasteiger partial charge in [-0.15, -0.1) is 0 Å². The number of benzene rings is 1. The molecule has 2 aromatic rings. The van der Waals surface area contributed by atoms with E-state index in [1.54, 1.807) is 6.07 Å². The minimum absolute atomic E-state index is 0.0816. The van der Waals surface area contributed by atoms with E-state index in [0.29, 0.717) is 19.6 Å². The van der Waals surface area contributed by atoms with E-state index in [1.165, 1.54) is 22.7 Å². The zero-order valence-electron chi connectivity index (χ0n) is 15.9. The molecule has 0 N–H and O–H groups in total. The van der Waals surface area contributed by atoms with E-state index in [0.717, 1.165) is 31.1 Å². The molecule has 1 saturated carbocycles. The topological polar surface area (TPSA) is 53.8 Å². The molecule has 1 aromatic heterocycles. The maximum Gasteiger partial charge on any atom is 0.276 e. The van der Waals surface area contributed by atoms with Gasteiger partial charge in [0.1, 0.15) is 5.76 Å². The lowest BCUT2D eigenvalue weighted by atomic mass is 10.1. The van der Waals surface area contributed by atoms with Gasteiger partial charge in [-0.2, -0.15) is 4.31 Å². The summed E-state index contributed by atoms with van der Waals surface area (Å²) in [6.45, 7) is 5.05. The molecule has 0 bridgehead atoms. The van der Waals surface area contributed by atoms with Crippen LogP contribution in [0.2, 0.25) is 0 Å².